The van der Waals surface area contributed by atoms with Crippen LogP contribution in [0.15, 0.2) is 16.9 Å². The van der Waals surface area contributed by atoms with Crippen molar-refractivity contribution in [3.63, 3.8) is 0 Å². The largest absolute Gasteiger partial charge is 0.371 e. The van der Waals surface area contributed by atoms with E-state index in [1.165, 1.54) is 32.1 Å². The van der Waals surface area contributed by atoms with Crippen molar-refractivity contribution in [3.8, 4) is 11.5 Å². The van der Waals surface area contributed by atoms with E-state index >= 15 is 0 Å². The van der Waals surface area contributed by atoms with Crippen LogP contribution in [0.2, 0.25) is 0 Å². The number of hydrogen-bond donors (Lipinski definition) is 3. The predicted octanol–water partition coefficient (Wildman–Crippen LogP) is 3.30. The summed E-state index contributed by atoms with van der Waals surface area (Å²) in [5.74, 6) is 1.34. The molecule has 0 bridgehead atoms. The Morgan fingerprint density at radius 3 is 2.82 bits per heavy atom. The molecule has 0 radical (unpaired) electrons. The van der Waals surface area contributed by atoms with E-state index < -0.39 is 5.91 Å². The van der Waals surface area contributed by atoms with Crippen LogP contribution < -0.4 is 10.8 Å². The second-order valence-corrected chi connectivity index (χ2v) is 7.33. The molecule has 2 aromatic heterocycles. The highest BCUT2D eigenvalue weighted by atomic mass is 16.5. The van der Waals surface area contributed by atoms with Gasteiger partial charge in [-0.3, -0.25) is 10.0 Å². The van der Waals surface area contributed by atoms with Crippen molar-refractivity contribution in [1.82, 2.24) is 25.6 Å². The molecule has 2 aromatic rings. The third-order valence-corrected chi connectivity index (χ3v) is 5.38. The minimum Gasteiger partial charge on any atom is -0.371 e. The van der Waals surface area contributed by atoms with Crippen molar-refractivity contribution in [2.24, 2.45) is 5.92 Å². The molecule has 0 unspecified atom stereocenters. The van der Waals surface area contributed by atoms with E-state index in [0.29, 0.717) is 23.2 Å². The van der Waals surface area contributed by atoms with E-state index in [1.54, 1.807) is 24.9 Å². The molecule has 9 nitrogen and oxygen atoms in total. The average Bonchev–Trinajstić information content (AvgIpc) is 3.23. The fraction of sp³-hybridized carbons (Fsp3) is 0.632. The van der Waals surface area contributed by atoms with Crippen LogP contribution >= 0.6 is 0 Å². The highest BCUT2D eigenvalue weighted by Crippen LogP contribution is 2.32. The summed E-state index contributed by atoms with van der Waals surface area (Å²) < 4.78 is 5.45. The molecular weight excluding hydrogens is 360 g/mol. The van der Waals surface area contributed by atoms with Gasteiger partial charge in [-0.05, 0) is 12.3 Å². The molecule has 152 valence electrons. The molecule has 0 saturated heterocycles. The summed E-state index contributed by atoms with van der Waals surface area (Å²) >= 11 is 0. The van der Waals surface area contributed by atoms with E-state index in [4.69, 9.17) is 9.73 Å². The van der Waals surface area contributed by atoms with Crippen LogP contribution in [0.1, 0.15) is 69.6 Å². The van der Waals surface area contributed by atoms with E-state index in [9.17, 15) is 4.79 Å². The Kier molecular flexibility index (Phi) is 7.30. The van der Waals surface area contributed by atoms with Crippen molar-refractivity contribution >= 4 is 11.7 Å². The van der Waals surface area contributed by atoms with Crippen molar-refractivity contribution in [3.05, 3.63) is 18.3 Å². The minimum absolute atomic E-state index is 0.0994. The van der Waals surface area contributed by atoms with Gasteiger partial charge in [-0.2, -0.15) is 4.98 Å². The van der Waals surface area contributed by atoms with Crippen molar-refractivity contribution in [2.45, 2.75) is 63.7 Å². The van der Waals surface area contributed by atoms with Gasteiger partial charge in [-0.25, -0.2) is 15.4 Å². The number of carbonyl (C=O) groups excluding carboxylic acids is 1. The molecule has 0 aromatic carbocycles. The second-order valence-electron chi connectivity index (χ2n) is 7.33. The number of hydroxylamine groups is 1. The Morgan fingerprint density at radius 1 is 1.29 bits per heavy atom. The van der Waals surface area contributed by atoms with Gasteiger partial charge in [0.15, 0.2) is 11.5 Å². The monoisotopic (exact) mass is 388 g/mol. The zero-order valence-corrected chi connectivity index (χ0v) is 16.2. The maximum Gasteiger partial charge on any atom is 0.244 e. The first-order valence-electron chi connectivity index (χ1n) is 9.97. The molecule has 1 amide bonds. The highest BCUT2D eigenvalue weighted by Gasteiger charge is 2.24. The Balaban J connectivity index is 1.69. The lowest BCUT2D eigenvalue weighted by Crippen LogP contribution is -2.21. The molecule has 1 fully saturated rings. The van der Waals surface area contributed by atoms with Crippen molar-refractivity contribution < 1.29 is 14.5 Å². The summed E-state index contributed by atoms with van der Waals surface area (Å²) in [6, 6.07) is 0. The van der Waals surface area contributed by atoms with E-state index in [2.05, 4.69) is 25.4 Å². The standard InChI is InChI=1S/C19H28N6O3/c1-20-17-16(21-10-11-22-17)18-23-19(28-25-18)14(12-15(26)24-27)9-5-8-13-6-3-2-4-7-13/h10-11,13-14,27H,2-9,12H2,1H3,(H,20,22)(H,24,26)/t14-/m1/s1. The first kappa shape index (κ1) is 20.2. The fourth-order valence-electron chi connectivity index (χ4n) is 3.89. The summed E-state index contributed by atoms with van der Waals surface area (Å²) in [5.41, 5.74) is 2.19. The molecule has 1 atom stereocenters. The molecule has 0 aliphatic heterocycles. The van der Waals surface area contributed by atoms with Crippen LogP contribution in [0, 0.1) is 5.92 Å². The number of hydrogen-bond acceptors (Lipinski definition) is 8. The average molecular weight is 388 g/mol. The lowest BCUT2D eigenvalue weighted by atomic mass is 9.84. The van der Waals surface area contributed by atoms with Gasteiger partial charge in [0.1, 0.15) is 0 Å². The Hall–Kier alpha value is -2.55. The van der Waals surface area contributed by atoms with Crippen LogP contribution in [0.4, 0.5) is 5.82 Å². The van der Waals surface area contributed by atoms with E-state index in [0.717, 1.165) is 25.2 Å². The van der Waals surface area contributed by atoms with Gasteiger partial charge in [0.25, 0.3) is 0 Å². The molecule has 3 N–H and O–H groups in total. The van der Waals surface area contributed by atoms with Crippen LogP contribution in [0.3, 0.4) is 0 Å². The number of nitrogens with one attached hydrogen (secondary N) is 2. The van der Waals surface area contributed by atoms with Crippen LogP contribution in [0.25, 0.3) is 11.5 Å². The lowest BCUT2D eigenvalue weighted by molar-refractivity contribution is -0.129. The maximum atomic E-state index is 11.8. The quantitative estimate of drug-likeness (QED) is 0.441. The summed E-state index contributed by atoms with van der Waals surface area (Å²) in [6.07, 6.45) is 12.7. The number of rotatable bonds is 9. The van der Waals surface area contributed by atoms with Gasteiger partial charge in [0.05, 0.1) is 0 Å². The first-order valence-corrected chi connectivity index (χ1v) is 9.97. The minimum atomic E-state index is -0.460. The maximum absolute atomic E-state index is 11.8. The van der Waals surface area contributed by atoms with Crippen LogP contribution in [0.5, 0.6) is 0 Å². The Labute approximate surface area is 164 Å². The summed E-state index contributed by atoms with van der Waals surface area (Å²) in [4.78, 5) is 24.7. The predicted molar refractivity (Wildman–Crippen MR) is 103 cm³/mol. The molecule has 2 heterocycles. The Morgan fingerprint density at radius 2 is 2.07 bits per heavy atom. The molecule has 9 heteroatoms. The van der Waals surface area contributed by atoms with E-state index in [-0.39, 0.29) is 12.3 Å². The highest BCUT2D eigenvalue weighted by molar-refractivity contribution is 5.75. The van der Waals surface area contributed by atoms with E-state index in [1.807, 2.05) is 0 Å². The third-order valence-electron chi connectivity index (χ3n) is 5.38. The van der Waals surface area contributed by atoms with Crippen molar-refractivity contribution in [2.75, 3.05) is 12.4 Å². The first-order chi connectivity index (χ1) is 13.7. The molecule has 28 heavy (non-hydrogen) atoms. The number of anilines is 1. The topological polar surface area (TPSA) is 126 Å². The molecule has 1 saturated carbocycles. The zero-order valence-electron chi connectivity index (χ0n) is 16.2. The normalized spacial score (nSPS) is 15.9. The molecule has 3 rings (SSSR count). The third kappa shape index (κ3) is 5.25. The van der Waals surface area contributed by atoms with Crippen LogP contribution in [-0.2, 0) is 4.79 Å². The number of carbonyl (C=O) groups is 1. The molecular formula is C19H28N6O3. The van der Waals surface area contributed by atoms with Gasteiger partial charge in [-0.15, -0.1) is 0 Å². The molecule has 1 aliphatic rings. The van der Waals surface area contributed by atoms with Gasteiger partial charge in [0, 0.05) is 31.8 Å². The summed E-state index contributed by atoms with van der Waals surface area (Å²) in [5, 5.41) is 15.9. The summed E-state index contributed by atoms with van der Waals surface area (Å²) in [7, 11) is 1.74. The number of aromatic nitrogens is 4. The second kappa shape index (κ2) is 10.1. The van der Waals surface area contributed by atoms with Crippen molar-refractivity contribution in [1.29, 1.82) is 0 Å². The number of nitrogens with zero attached hydrogens (tertiary/aromatic N) is 4. The summed E-state index contributed by atoms with van der Waals surface area (Å²) in [6.45, 7) is 0. The lowest BCUT2D eigenvalue weighted by Gasteiger charge is -2.22. The van der Waals surface area contributed by atoms with Gasteiger partial charge >= 0.3 is 0 Å². The molecule has 0 spiro atoms. The van der Waals surface area contributed by atoms with Gasteiger partial charge in [0.2, 0.25) is 17.6 Å². The van der Waals surface area contributed by atoms with Gasteiger partial charge in [-0.1, -0.05) is 50.1 Å². The fourth-order valence-corrected chi connectivity index (χ4v) is 3.89. The SMILES string of the molecule is CNc1nccnc1-c1noc([C@H](CCCC2CCCCC2)CC(=O)NO)n1. The van der Waals surface area contributed by atoms with Gasteiger partial charge < -0.3 is 9.84 Å². The Bertz CT molecular complexity index is 760. The van der Waals surface area contributed by atoms with Crippen LogP contribution in [-0.4, -0.2) is 38.3 Å². The number of amides is 1. The molecule has 1 aliphatic carbocycles. The zero-order chi connectivity index (χ0) is 19.8. The smallest absolute Gasteiger partial charge is 0.244 e.